The van der Waals surface area contributed by atoms with E-state index in [1.165, 1.54) is 25.1 Å². The van der Waals surface area contributed by atoms with E-state index in [1.54, 1.807) is 0 Å². The van der Waals surface area contributed by atoms with Crippen LogP contribution in [0.4, 0.5) is 0 Å². The molecule has 0 saturated heterocycles. The summed E-state index contributed by atoms with van der Waals surface area (Å²) in [6.07, 6.45) is 2.71. The van der Waals surface area contributed by atoms with E-state index < -0.39 is 0 Å². The van der Waals surface area contributed by atoms with Crippen LogP contribution >= 0.6 is 12.2 Å². The van der Waals surface area contributed by atoms with Crippen LogP contribution in [0.2, 0.25) is 0 Å². The number of hydrogen-bond donors (Lipinski definition) is 1. The third kappa shape index (κ3) is 6.38. The zero-order chi connectivity index (χ0) is 13.8. The van der Waals surface area contributed by atoms with Crippen molar-refractivity contribution >= 4 is 12.2 Å². The molecule has 0 radical (unpaired) electrons. The van der Waals surface area contributed by atoms with Gasteiger partial charge in [0.15, 0.2) is 0 Å². The van der Waals surface area contributed by atoms with Crippen LogP contribution in [-0.2, 0) is 4.28 Å². The molecule has 1 atom stereocenters. The lowest BCUT2D eigenvalue weighted by molar-refractivity contribution is -0.0606. The van der Waals surface area contributed by atoms with E-state index in [1.807, 2.05) is 25.4 Å². The van der Waals surface area contributed by atoms with Crippen LogP contribution < -0.4 is 5.32 Å². The molecular weight excluding hydrogens is 246 g/mol. The van der Waals surface area contributed by atoms with Gasteiger partial charge >= 0.3 is 0 Å². The fourth-order valence-electron chi connectivity index (χ4n) is 1.84. The number of rotatable bonds is 8. The van der Waals surface area contributed by atoms with Gasteiger partial charge in [-0.2, -0.15) is 5.06 Å². The predicted molar refractivity (Wildman–Crippen MR) is 79.0 cm³/mol. The second-order valence-electron chi connectivity index (χ2n) is 6.46. The first-order valence-electron chi connectivity index (χ1n) is 6.77. The SMILES string of the molecule is CNC(CN(CC1CC1)OSN(C)C)C(C)(C)C. The van der Waals surface area contributed by atoms with Gasteiger partial charge in [0.05, 0.1) is 0 Å². The fraction of sp³-hybridized carbons (Fsp3) is 1.00. The van der Waals surface area contributed by atoms with Crippen LogP contribution in [0.25, 0.3) is 0 Å². The zero-order valence-corrected chi connectivity index (χ0v) is 13.5. The Balaban J connectivity index is 2.46. The molecule has 1 unspecified atom stereocenters. The minimum absolute atomic E-state index is 0.239. The van der Waals surface area contributed by atoms with Gasteiger partial charge in [-0.15, -0.1) is 0 Å². The average Bonchev–Trinajstić information content (AvgIpc) is 3.03. The molecule has 1 fully saturated rings. The molecule has 108 valence electrons. The highest BCUT2D eigenvalue weighted by atomic mass is 32.2. The molecule has 1 saturated carbocycles. The molecule has 0 bridgehead atoms. The molecule has 0 aromatic rings. The van der Waals surface area contributed by atoms with E-state index in [0.717, 1.165) is 19.0 Å². The van der Waals surface area contributed by atoms with E-state index in [-0.39, 0.29) is 5.41 Å². The molecule has 0 heterocycles. The molecule has 4 nitrogen and oxygen atoms in total. The van der Waals surface area contributed by atoms with Crippen molar-refractivity contribution < 1.29 is 4.28 Å². The lowest BCUT2D eigenvalue weighted by atomic mass is 9.87. The van der Waals surface area contributed by atoms with Crippen LogP contribution in [0.15, 0.2) is 0 Å². The predicted octanol–water partition coefficient (Wildman–Crippen LogP) is 2.39. The summed E-state index contributed by atoms with van der Waals surface area (Å²) < 4.78 is 7.80. The van der Waals surface area contributed by atoms with Gasteiger partial charge in [-0.25, -0.2) is 8.59 Å². The van der Waals surface area contributed by atoms with Crippen LogP contribution in [-0.4, -0.2) is 49.6 Å². The molecule has 0 aliphatic heterocycles. The van der Waals surface area contributed by atoms with E-state index in [0.29, 0.717) is 6.04 Å². The summed E-state index contributed by atoms with van der Waals surface area (Å²) in [5, 5.41) is 5.53. The maximum atomic E-state index is 5.82. The third-order valence-corrected chi connectivity index (χ3v) is 3.80. The van der Waals surface area contributed by atoms with Crippen LogP contribution in [0.3, 0.4) is 0 Å². The van der Waals surface area contributed by atoms with Crippen molar-refractivity contribution in [3.05, 3.63) is 0 Å². The Morgan fingerprint density at radius 3 is 2.33 bits per heavy atom. The van der Waals surface area contributed by atoms with Crippen molar-refractivity contribution in [1.82, 2.24) is 14.7 Å². The molecule has 0 spiro atoms. The Labute approximate surface area is 117 Å². The highest BCUT2D eigenvalue weighted by Crippen LogP contribution is 2.31. The molecular formula is C13H29N3OS. The largest absolute Gasteiger partial charge is 0.315 e. The fourth-order valence-corrected chi connectivity index (χ4v) is 2.19. The summed E-state index contributed by atoms with van der Waals surface area (Å²) in [5.74, 6) is 0.838. The number of likely N-dealkylation sites (N-methyl/N-ethyl adjacent to an activating group) is 1. The molecule has 18 heavy (non-hydrogen) atoms. The van der Waals surface area contributed by atoms with Crippen molar-refractivity contribution in [3.8, 4) is 0 Å². The van der Waals surface area contributed by atoms with Crippen LogP contribution in [0, 0.1) is 11.3 Å². The first kappa shape index (κ1) is 16.2. The highest BCUT2D eigenvalue weighted by Gasteiger charge is 2.30. The van der Waals surface area contributed by atoms with Crippen molar-refractivity contribution in [2.45, 2.75) is 39.7 Å². The number of nitrogens with zero attached hydrogens (tertiary/aromatic N) is 2. The molecule has 1 aliphatic carbocycles. The minimum atomic E-state index is 0.239. The molecule has 0 amide bonds. The first-order chi connectivity index (χ1) is 8.32. The van der Waals surface area contributed by atoms with Crippen molar-refractivity contribution in [2.24, 2.45) is 11.3 Å². The molecule has 0 aromatic heterocycles. The van der Waals surface area contributed by atoms with Gasteiger partial charge in [0, 0.05) is 19.1 Å². The van der Waals surface area contributed by atoms with Gasteiger partial charge in [0.2, 0.25) is 0 Å². The Morgan fingerprint density at radius 2 is 1.94 bits per heavy atom. The van der Waals surface area contributed by atoms with Crippen LogP contribution in [0.1, 0.15) is 33.6 Å². The smallest absolute Gasteiger partial charge is 0.104 e. The van der Waals surface area contributed by atoms with Gasteiger partial charge < -0.3 is 5.32 Å². The quantitative estimate of drug-likeness (QED) is 0.417. The summed E-state index contributed by atoms with van der Waals surface area (Å²) >= 11 is 1.40. The summed E-state index contributed by atoms with van der Waals surface area (Å²) in [6, 6.07) is 0.430. The van der Waals surface area contributed by atoms with E-state index in [2.05, 4.69) is 31.2 Å². The Hall–Kier alpha value is 0.190. The lowest BCUT2D eigenvalue weighted by Crippen LogP contribution is -2.47. The van der Waals surface area contributed by atoms with Crippen molar-refractivity contribution in [2.75, 3.05) is 34.2 Å². The van der Waals surface area contributed by atoms with Gasteiger partial charge in [0.25, 0.3) is 0 Å². The average molecular weight is 275 g/mol. The van der Waals surface area contributed by atoms with E-state index >= 15 is 0 Å². The second kappa shape index (κ2) is 7.10. The van der Waals surface area contributed by atoms with E-state index in [9.17, 15) is 0 Å². The summed E-state index contributed by atoms with van der Waals surface area (Å²) in [7, 11) is 6.03. The molecule has 0 aromatic carbocycles. The first-order valence-corrected chi connectivity index (χ1v) is 7.47. The Bertz CT molecular complexity index is 239. The summed E-state index contributed by atoms with van der Waals surface area (Å²) in [5.41, 5.74) is 0.239. The topological polar surface area (TPSA) is 27.7 Å². The Kier molecular flexibility index (Phi) is 6.41. The Morgan fingerprint density at radius 1 is 1.33 bits per heavy atom. The summed E-state index contributed by atoms with van der Waals surface area (Å²) in [4.78, 5) is 0. The monoisotopic (exact) mass is 275 g/mol. The maximum Gasteiger partial charge on any atom is 0.104 e. The zero-order valence-electron chi connectivity index (χ0n) is 12.7. The van der Waals surface area contributed by atoms with E-state index in [4.69, 9.17) is 4.28 Å². The number of hydrogen-bond acceptors (Lipinski definition) is 5. The van der Waals surface area contributed by atoms with Crippen molar-refractivity contribution in [1.29, 1.82) is 0 Å². The second-order valence-corrected chi connectivity index (χ2v) is 7.49. The number of nitrogens with one attached hydrogen (secondary N) is 1. The maximum absolute atomic E-state index is 5.82. The third-order valence-electron chi connectivity index (χ3n) is 3.23. The van der Waals surface area contributed by atoms with Crippen LogP contribution in [0.5, 0.6) is 0 Å². The summed E-state index contributed by atoms with van der Waals surface area (Å²) in [6.45, 7) is 8.78. The molecule has 1 aliphatic rings. The molecule has 1 rings (SSSR count). The number of hydroxylamine groups is 2. The lowest BCUT2D eigenvalue weighted by Gasteiger charge is -2.34. The molecule has 1 N–H and O–H groups in total. The van der Waals surface area contributed by atoms with Gasteiger partial charge in [-0.05, 0) is 45.3 Å². The van der Waals surface area contributed by atoms with Crippen molar-refractivity contribution in [3.63, 3.8) is 0 Å². The van der Waals surface area contributed by atoms with Gasteiger partial charge in [0.1, 0.15) is 12.2 Å². The normalized spacial score (nSPS) is 18.7. The minimum Gasteiger partial charge on any atom is -0.315 e. The van der Waals surface area contributed by atoms with Gasteiger partial charge in [-0.3, -0.25) is 0 Å². The highest BCUT2D eigenvalue weighted by molar-refractivity contribution is 7.92. The molecule has 5 heteroatoms. The van der Waals surface area contributed by atoms with Gasteiger partial charge in [-0.1, -0.05) is 20.8 Å². The standard InChI is InChI=1S/C13H29N3OS/c1-13(2,3)12(14-4)10-16(9-11-7-8-11)17-18-15(5)6/h11-12,14H,7-10H2,1-6H3.